The number of rotatable bonds is 17. The van der Waals surface area contributed by atoms with E-state index in [2.05, 4.69) is 36.4 Å². The molecule has 3 aromatic rings. The van der Waals surface area contributed by atoms with Gasteiger partial charge in [-0.1, -0.05) is 79.7 Å². The molecule has 2 unspecified atom stereocenters. The largest absolute Gasteiger partial charge is 0.330 e. The Morgan fingerprint density at radius 3 is 2.11 bits per heavy atom. The lowest BCUT2D eigenvalue weighted by molar-refractivity contribution is 0.201. The summed E-state index contributed by atoms with van der Waals surface area (Å²) in [6.07, 6.45) is 4.08. The van der Waals surface area contributed by atoms with Crippen molar-refractivity contribution in [2.24, 2.45) is 0 Å². The number of aryl methyl sites for hydroxylation is 1. The molecule has 0 aliphatic carbocycles. The van der Waals surface area contributed by atoms with E-state index in [1.807, 2.05) is 43.3 Å². The van der Waals surface area contributed by atoms with E-state index in [1.54, 1.807) is 0 Å². The van der Waals surface area contributed by atoms with Crippen LogP contribution in [0.25, 0.3) is 10.8 Å². The molecule has 3 aromatic carbocycles. The van der Waals surface area contributed by atoms with E-state index in [0.717, 1.165) is 31.2 Å². The van der Waals surface area contributed by atoms with Crippen LogP contribution in [0.5, 0.6) is 0 Å². The van der Waals surface area contributed by atoms with Crippen molar-refractivity contribution in [2.75, 3.05) is 32.6 Å². The van der Waals surface area contributed by atoms with E-state index in [9.17, 15) is 9.13 Å². The zero-order valence-electron chi connectivity index (χ0n) is 21.3. The van der Waals surface area contributed by atoms with Crippen LogP contribution in [0.15, 0.2) is 72.8 Å². The van der Waals surface area contributed by atoms with Crippen LogP contribution in [0.1, 0.15) is 43.7 Å². The second-order valence-electron chi connectivity index (χ2n) is 8.77. The molecular weight excluding hydrogens is 494 g/mol. The zero-order chi connectivity index (χ0) is 25.7. The van der Waals surface area contributed by atoms with E-state index >= 15 is 0 Å². The highest BCUT2D eigenvalue weighted by molar-refractivity contribution is 7.54. The maximum atomic E-state index is 13.3. The van der Waals surface area contributed by atoms with E-state index in [0.29, 0.717) is 19.6 Å². The van der Waals surface area contributed by atoms with Gasteiger partial charge in [-0.3, -0.25) is 9.13 Å². The van der Waals surface area contributed by atoms with Crippen molar-refractivity contribution in [3.63, 3.8) is 0 Å². The first kappa shape index (κ1) is 28.8. The Kier molecular flexibility index (Phi) is 11.9. The third-order valence-corrected chi connectivity index (χ3v) is 9.83. The van der Waals surface area contributed by atoms with E-state index in [1.165, 1.54) is 23.4 Å². The number of unbranched alkanes of at least 4 members (excludes halogenated alkanes) is 1. The van der Waals surface area contributed by atoms with Gasteiger partial charge in [0.2, 0.25) is 0 Å². The summed E-state index contributed by atoms with van der Waals surface area (Å²) in [5, 5.41) is 2.48. The molecule has 3 rings (SSSR count). The Balaban J connectivity index is 1.43. The van der Waals surface area contributed by atoms with Gasteiger partial charge in [-0.05, 0) is 54.0 Å². The molecule has 6 nitrogen and oxygen atoms in total. The van der Waals surface area contributed by atoms with Crippen LogP contribution in [0, 0.1) is 0 Å². The van der Waals surface area contributed by atoms with Crippen molar-refractivity contribution in [1.82, 2.24) is 0 Å². The molecule has 0 heterocycles. The molecule has 0 saturated carbocycles. The highest BCUT2D eigenvalue weighted by atomic mass is 31.2. The minimum atomic E-state index is -3.30. The average molecular weight is 533 g/mol. The van der Waals surface area contributed by atoms with Gasteiger partial charge in [0.15, 0.2) is 0 Å². The fraction of sp³-hybridized carbons (Fsp3) is 0.429. The van der Waals surface area contributed by atoms with Crippen LogP contribution in [-0.2, 0) is 40.3 Å². The minimum Gasteiger partial charge on any atom is -0.312 e. The average Bonchev–Trinajstić information content (AvgIpc) is 2.91. The zero-order valence-corrected chi connectivity index (χ0v) is 23.1. The fourth-order valence-electron chi connectivity index (χ4n) is 3.84. The molecule has 0 bridgehead atoms. The second-order valence-corrected chi connectivity index (χ2v) is 13.2. The molecule has 0 fully saturated rings. The lowest BCUT2D eigenvalue weighted by Crippen LogP contribution is -2.06. The summed E-state index contributed by atoms with van der Waals surface area (Å²) in [6.45, 7) is 2.88. The Bertz CT molecular complexity index is 1150. The van der Waals surface area contributed by atoms with Gasteiger partial charge in [-0.25, -0.2) is 0 Å². The summed E-state index contributed by atoms with van der Waals surface area (Å²) in [5.74, 6) is 0. The smallest absolute Gasteiger partial charge is 0.312 e. The monoisotopic (exact) mass is 532 g/mol. The fourth-order valence-corrected chi connectivity index (χ4v) is 7.14. The topological polar surface area (TPSA) is 71.1 Å². The van der Waals surface area contributed by atoms with E-state index in [4.69, 9.17) is 18.1 Å². The summed E-state index contributed by atoms with van der Waals surface area (Å²) in [7, 11) is -5.20. The quantitative estimate of drug-likeness (QED) is 0.129. The van der Waals surface area contributed by atoms with Gasteiger partial charge in [0.25, 0.3) is 0 Å². The molecule has 0 saturated heterocycles. The lowest BCUT2D eigenvalue weighted by Gasteiger charge is -2.20. The van der Waals surface area contributed by atoms with Gasteiger partial charge in [0.1, 0.15) is 0 Å². The standard InChI is InChI=1S/C28H38O6P2/c1-3-19-32-36(30,22-11-21-35(29,31-2)34-24-26-13-5-4-6-14-26)33-20-10-9-12-25-17-18-27-15-7-8-16-28(27)23-25/h4-8,13-18,23H,3,9-12,19-22,24H2,1-2H3. The number of fused-ring (bicyclic) bond motifs is 1. The maximum absolute atomic E-state index is 13.3. The van der Waals surface area contributed by atoms with Gasteiger partial charge in [-0.15, -0.1) is 0 Å². The molecule has 0 N–H and O–H groups in total. The number of hydrogen-bond donors (Lipinski definition) is 0. The van der Waals surface area contributed by atoms with Gasteiger partial charge < -0.3 is 18.1 Å². The van der Waals surface area contributed by atoms with Crippen molar-refractivity contribution >= 4 is 26.0 Å². The minimum absolute atomic E-state index is 0.154. The van der Waals surface area contributed by atoms with Gasteiger partial charge in [0.05, 0.1) is 32.1 Å². The van der Waals surface area contributed by atoms with Gasteiger partial charge in [-0.2, -0.15) is 0 Å². The first-order valence-corrected chi connectivity index (χ1v) is 16.1. The number of hydrogen-bond acceptors (Lipinski definition) is 6. The number of benzene rings is 3. The molecule has 0 spiro atoms. The van der Waals surface area contributed by atoms with Crippen molar-refractivity contribution in [3.8, 4) is 0 Å². The third kappa shape index (κ3) is 9.59. The molecule has 0 aromatic heterocycles. The van der Waals surface area contributed by atoms with Crippen LogP contribution < -0.4 is 0 Å². The van der Waals surface area contributed by atoms with E-state index in [-0.39, 0.29) is 18.9 Å². The molecular formula is C28H38O6P2. The van der Waals surface area contributed by atoms with Crippen LogP contribution in [0.3, 0.4) is 0 Å². The first-order chi connectivity index (χ1) is 17.5. The summed E-state index contributed by atoms with van der Waals surface area (Å²) in [4.78, 5) is 0. The molecule has 2 atom stereocenters. The van der Waals surface area contributed by atoms with Gasteiger partial charge >= 0.3 is 15.2 Å². The third-order valence-electron chi connectivity index (χ3n) is 5.87. The van der Waals surface area contributed by atoms with Crippen LogP contribution >= 0.6 is 15.2 Å². The lowest BCUT2D eigenvalue weighted by atomic mass is 10.0. The Morgan fingerprint density at radius 2 is 1.36 bits per heavy atom. The highest BCUT2D eigenvalue weighted by Gasteiger charge is 2.28. The second kappa shape index (κ2) is 14.8. The summed E-state index contributed by atoms with van der Waals surface area (Å²) in [6, 6.07) is 24.4. The molecule has 36 heavy (non-hydrogen) atoms. The predicted octanol–water partition coefficient (Wildman–Crippen LogP) is 8.25. The van der Waals surface area contributed by atoms with Crippen LogP contribution in [0.2, 0.25) is 0 Å². The molecule has 196 valence electrons. The normalized spacial score (nSPS) is 14.9. The van der Waals surface area contributed by atoms with Crippen LogP contribution in [-0.4, -0.2) is 32.6 Å². The molecule has 0 aliphatic rings. The molecule has 0 radical (unpaired) electrons. The Labute approximate surface area is 215 Å². The Hall–Kier alpha value is -1.78. The predicted molar refractivity (Wildman–Crippen MR) is 147 cm³/mol. The van der Waals surface area contributed by atoms with E-state index < -0.39 is 15.2 Å². The van der Waals surface area contributed by atoms with Crippen molar-refractivity contribution in [2.45, 2.75) is 45.6 Å². The summed E-state index contributed by atoms with van der Waals surface area (Å²) in [5.41, 5.74) is 2.20. The maximum Gasteiger partial charge on any atom is 0.330 e. The van der Waals surface area contributed by atoms with Crippen LogP contribution in [0.4, 0.5) is 0 Å². The Morgan fingerprint density at radius 1 is 0.667 bits per heavy atom. The van der Waals surface area contributed by atoms with Crippen molar-refractivity contribution in [1.29, 1.82) is 0 Å². The summed E-state index contributed by atoms with van der Waals surface area (Å²) < 4.78 is 48.5. The molecule has 0 aliphatic heterocycles. The first-order valence-electron chi connectivity index (χ1n) is 12.6. The summed E-state index contributed by atoms with van der Waals surface area (Å²) >= 11 is 0. The highest BCUT2D eigenvalue weighted by Crippen LogP contribution is 2.53. The van der Waals surface area contributed by atoms with Crippen molar-refractivity contribution in [3.05, 3.63) is 83.9 Å². The molecule has 8 heteroatoms. The SMILES string of the molecule is CCCOP(=O)(CCCP(=O)(OC)OCc1ccccc1)OCCCCc1ccc2ccccc2c1. The van der Waals surface area contributed by atoms with Gasteiger partial charge in [0, 0.05) is 7.11 Å². The molecule has 0 amide bonds. The van der Waals surface area contributed by atoms with Crippen molar-refractivity contribution < 1.29 is 27.2 Å².